The summed E-state index contributed by atoms with van der Waals surface area (Å²) in [5, 5.41) is 2.80. The molecule has 0 aromatic heterocycles. The Hall–Kier alpha value is -1.81. The van der Waals surface area contributed by atoms with Gasteiger partial charge in [-0.2, -0.15) is 0 Å². The number of nitrogens with one attached hydrogen (secondary N) is 1. The summed E-state index contributed by atoms with van der Waals surface area (Å²) in [5.74, 6) is 1.17. The summed E-state index contributed by atoms with van der Waals surface area (Å²) in [7, 11) is 0. The summed E-state index contributed by atoms with van der Waals surface area (Å²) in [5.41, 5.74) is 2.02. The fraction of sp³-hybridized carbons (Fsp3) is 0.591. The van der Waals surface area contributed by atoms with E-state index in [1.54, 1.807) is 0 Å². The van der Waals surface area contributed by atoms with Gasteiger partial charge in [-0.1, -0.05) is 57.0 Å². The van der Waals surface area contributed by atoms with Gasteiger partial charge in [-0.15, -0.1) is 0 Å². The summed E-state index contributed by atoms with van der Waals surface area (Å²) in [6.45, 7) is 9.99. The van der Waals surface area contributed by atoms with Gasteiger partial charge in [0.1, 0.15) is 6.61 Å². The molecule has 26 heavy (non-hydrogen) atoms. The van der Waals surface area contributed by atoms with Crippen LogP contribution < -0.4 is 5.32 Å². The van der Waals surface area contributed by atoms with Crippen LogP contribution in [0.1, 0.15) is 40.5 Å². The predicted molar refractivity (Wildman–Crippen MR) is 104 cm³/mol. The summed E-state index contributed by atoms with van der Waals surface area (Å²) in [4.78, 5) is 12.3. The van der Waals surface area contributed by atoms with Crippen LogP contribution in [0, 0.1) is 23.2 Å². The van der Waals surface area contributed by atoms with Crippen LogP contribution in [0.15, 0.2) is 42.0 Å². The number of carbonyl (C=O) groups excluding carboxylic acids is 1. The summed E-state index contributed by atoms with van der Waals surface area (Å²) >= 11 is 0. The van der Waals surface area contributed by atoms with Gasteiger partial charge in [0.05, 0.1) is 12.7 Å². The molecule has 0 spiro atoms. The first-order chi connectivity index (χ1) is 12.5. The van der Waals surface area contributed by atoms with Gasteiger partial charge in [-0.25, -0.2) is 4.79 Å². The Morgan fingerprint density at radius 3 is 2.73 bits per heavy atom. The highest BCUT2D eigenvalue weighted by Gasteiger charge is 2.53. The van der Waals surface area contributed by atoms with E-state index in [2.05, 4.69) is 39.1 Å². The van der Waals surface area contributed by atoms with E-state index in [-0.39, 0.29) is 11.5 Å². The van der Waals surface area contributed by atoms with Crippen molar-refractivity contribution in [3.63, 3.8) is 0 Å². The molecule has 2 bridgehead atoms. The lowest BCUT2D eigenvalue weighted by Gasteiger charge is -2.55. The van der Waals surface area contributed by atoms with Crippen molar-refractivity contribution in [3.8, 4) is 0 Å². The standard InChI is InChI=1S/C22H31NO3/c1-5-9-19-20-15(2)12-16(3)22(13-25-19,17(20)4)14-26-21(24)23-18-10-7-6-8-11-18/h6-8,10-12,16-17,19-20H,5,9,13-14H2,1-4H3,(H,23,24)/t16-,17-,19-,20-,22-/m1/s1. The van der Waals surface area contributed by atoms with Crippen LogP contribution in [0.3, 0.4) is 0 Å². The SMILES string of the molecule is CCC[C@H]1OC[C@@]2(COC(=O)Nc3ccccc3)[C@H](C)C=C(C)[C@@H]1[C@H]2C. The molecule has 1 N–H and O–H groups in total. The number of para-hydroxylation sites is 1. The molecule has 3 rings (SSSR count). The average Bonchev–Trinajstić information content (AvgIpc) is 2.61. The lowest BCUT2D eigenvalue weighted by molar-refractivity contribution is -0.164. The zero-order valence-electron chi connectivity index (χ0n) is 16.3. The average molecular weight is 357 g/mol. The Balaban J connectivity index is 1.71. The van der Waals surface area contributed by atoms with Crippen molar-refractivity contribution in [1.82, 2.24) is 0 Å². The third-order valence-electron chi connectivity index (χ3n) is 6.42. The fourth-order valence-electron chi connectivity index (χ4n) is 4.81. The number of benzene rings is 1. The molecule has 1 aromatic carbocycles. The second-order valence-electron chi connectivity index (χ2n) is 7.95. The van der Waals surface area contributed by atoms with Gasteiger partial charge in [0.15, 0.2) is 0 Å². The zero-order valence-corrected chi connectivity index (χ0v) is 16.3. The van der Waals surface area contributed by atoms with Crippen molar-refractivity contribution in [2.24, 2.45) is 23.2 Å². The topological polar surface area (TPSA) is 47.6 Å². The van der Waals surface area contributed by atoms with E-state index >= 15 is 0 Å². The largest absolute Gasteiger partial charge is 0.449 e. The zero-order chi connectivity index (χ0) is 18.7. The number of rotatable bonds is 5. The Morgan fingerprint density at radius 2 is 2.04 bits per heavy atom. The van der Waals surface area contributed by atoms with E-state index in [1.165, 1.54) is 5.57 Å². The number of carbonyl (C=O) groups is 1. The Bertz CT molecular complexity index is 657. The van der Waals surface area contributed by atoms with E-state index in [1.807, 2.05) is 30.3 Å². The number of allylic oxidation sites excluding steroid dienone is 1. The Labute approximate surface area is 157 Å². The molecule has 0 saturated carbocycles. The molecular weight excluding hydrogens is 326 g/mol. The monoisotopic (exact) mass is 357 g/mol. The predicted octanol–water partition coefficient (Wildman–Crippen LogP) is 5.27. The van der Waals surface area contributed by atoms with Gasteiger partial charge in [0.25, 0.3) is 0 Å². The summed E-state index contributed by atoms with van der Waals surface area (Å²) in [6, 6.07) is 9.40. The molecule has 1 heterocycles. The number of hydrogen-bond acceptors (Lipinski definition) is 3. The maximum atomic E-state index is 12.3. The molecule has 1 saturated heterocycles. The molecule has 1 amide bonds. The molecule has 0 unspecified atom stereocenters. The second kappa shape index (κ2) is 7.83. The Morgan fingerprint density at radius 1 is 1.31 bits per heavy atom. The van der Waals surface area contributed by atoms with E-state index in [9.17, 15) is 4.79 Å². The fourth-order valence-corrected chi connectivity index (χ4v) is 4.81. The molecule has 5 atom stereocenters. The van der Waals surface area contributed by atoms with Gasteiger partial charge in [0.2, 0.25) is 0 Å². The second-order valence-corrected chi connectivity index (χ2v) is 7.95. The molecular formula is C22H31NO3. The third-order valence-corrected chi connectivity index (χ3v) is 6.42. The minimum absolute atomic E-state index is 0.150. The highest BCUT2D eigenvalue weighted by Crippen LogP contribution is 2.53. The van der Waals surface area contributed by atoms with Gasteiger partial charge in [-0.3, -0.25) is 5.32 Å². The van der Waals surface area contributed by atoms with Crippen LogP contribution in [0.2, 0.25) is 0 Å². The van der Waals surface area contributed by atoms with Crippen molar-refractivity contribution in [2.45, 2.75) is 46.6 Å². The van der Waals surface area contributed by atoms with Crippen LogP contribution in [-0.4, -0.2) is 25.4 Å². The molecule has 0 radical (unpaired) electrons. The van der Waals surface area contributed by atoms with E-state index in [0.29, 0.717) is 31.0 Å². The summed E-state index contributed by atoms with van der Waals surface area (Å²) in [6.07, 6.45) is 4.46. The highest BCUT2D eigenvalue weighted by atomic mass is 16.6. The van der Waals surface area contributed by atoms with Gasteiger partial charge in [-0.05, 0) is 37.3 Å². The number of fused-ring (bicyclic) bond motifs is 2. The van der Waals surface area contributed by atoms with Gasteiger partial charge in [0, 0.05) is 17.0 Å². The lowest BCUT2D eigenvalue weighted by atomic mass is 9.56. The van der Waals surface area contributed by atoms with Crippen molar-refractivity contribution >= 4 is 11.8 Å². The molecule has 1 aliphatic carbocycles. The molecule has 4 heteroatoms. The van der Waals surface area contributed by atoms with Crippen LogP contribution in [0.25, 0.3) is 0 Å². The summed E-state index contributed by atoms with van der Waals surface area (Å²) < 4.78 is 12.0. The number of amides is 1. The lowest BCUT2D eigenvalue weighted by Crippen LogP contribution is -2.56. The first-order valence-corrected chi connectivity index (χ1v) is 9.76. The molecule has 1 fully saturated rings. The number of hydrogen-bond donors (Lipinski definition) is 1. The van der Waals surface area contributed by atoms with Gasteiger partial charge < -0.3 is 9.47 Å². The Kier molecular flexibility index (Phi) is 5.71. The van der Waals surface area contributed by atoms with Crippen LogP contribution >= 0.6 is 0 Å². The minimum Gasteiger partial charge on any atom is -0.449 e. The van der Waals surface area contributed by atoms with Crippen LogP contribution in [0.5, 0.6) is 0 Å². The molecule has 2 aliphatic rings. The molecule has 1 aromatic rings. The molecule has 1 aliphatic heterocycles. The third kappa shape index (κ3) is 3.52. The van der Waals surface area contributed by atoms with E-state index < -0.39 is 6.09 Å². The smallest absolute Gasteiger partial charge is 0.411 e. The van der Waals surface area contributed by atoms with Crippen LogP contribution in [0.4, 0.5) is 10.5 Å². The number of ether oxygens (including phenoxy) is 2. The van der Waals surface area contributed by atoms with Gasteiger partial charge >= 0.3 is 6.09 Å². The first kappa shape index (κ1) is 19.0. The van der Waals surface area contributed by atoms with E-state index in [0.717, 1.165) is 18.5 Å². The quantitative estimate of drug-likeness (QED) is 0.730. The van der Waals surface area contributed by atoms with Crippen molar-refractivity contribution in [2.75, 3.05) is 18.5 Å². The molecule has 142 valence electrons. The minimum atomic E-state index is -0.400. The first-order valence-electron chi connectivity index (χ1n) is 9.76. The maximum Gasteiger partial charge on any atom is 0.411 e. The van der Waals surface area contributed by atoms with Crippen molar-refractivity contribution in [3.05, 3.63) is 42.0 Å². The number of anilines is 1. The normalized spacial score (nSPS) is 33.3. The maximum absolute atomic E-state index is 12.3. The van der Waals surface area contributed by atoms with E-state index in [4.69, 9.17) is 9.47 Å². The van der Waals surface area contributed by atoms with Crippen LogP contribution in [-0.2, 0) is 9.47 Å². The van der Waals surface area contributed by atoms with Crippen molar-refractivity contribution in [1.29, 1.82) is 0 Å². The highest BCUT2D eigenvalue weighted by molar-refractivity contribution is 5.84. The van der Waals surface area contributed by atoms with Crippen molar-refractivity contribution < 1.29 is 14.3 Å². The molecule has 4 nitrogen and oxygen atoms in total.